The van der Waals surface area contributed by atoms with Gasteiger partial charge in [0.2, 0.25) is 0 Å². The molecular formula is C16H29N5OS. The lowest BCUT2D eigenvalue weighted by Gasteiger charge is -2.37. The molecule has 1 fully saturated rings. The first-order valence-electron chi connectivity index (χ1n) is 8.19. The Morgan fingerprint density at radius 1 is 1.52 bits per heavy atom. The number of nitrogens with zero attached hydrogens (tertiary/aromatic N) is 4. The summed E-state index contributed by atoms with van der Waals surface area (Å²) in [7, 11) is 5.84. The van der Waals surface area contributed by atoms with E-state index in [-0.39, 0.29) is 4.75 Å². The number of hydrogen-bond acceptors (Lipinski definition) is 4. The van der Waals surface area contributed by atoms with E-state index in [0.717, 1.165) is 50.9 Å². The van der Waals surface area contributed by atoms with Gasteiger partial charge in [0.25, 0.3) is 0 Å². The van der Waals surface area contributed by atoms with Gasteiger partial charge in [0.15, 0.2) is 5.96 Å². The molecule has 0 unspecified atom stereocenters. The van der Waals surface area contributed by atoms with Gasteiger partial charge in [-0.25, -0.2) is 0 Å². The van der Waals surface area contributed by atoms with Crippen molar-refractivity contribution < 1.29 is 4.74 Å². The Morgan fingerprint density at radius 2 is 2.26 bits per heavy atom. The summed E-state index contributed by atoms with van der Waals surface area (Å²) in [6.45, 7) is 5.67. The van der Waals surface area contributed by atoms with Gasteiger partial charge in [-0.05, 0) is 18.6 Å². The van der Waals surface area contributed by atoms with Gasteiger partial charge < -0.3 is 15.0 Å². The maximum absolute atomic E-state index is 5.54. The zero-order chi connectivity index (χ0) is 16.7. The number of nitrogens with one attached hydrogen (secondary N) is 1. The van der Waals surface area contributed by atoms with E-state index in [1.165, 1.54) is 5.56 Å². The lowest BCUT2D eigenvalue weighted by molar-refractivity contribution is 0.0780. The van der Waals surface area contributed by atoms with Crippen molar-refractivity contribution in [1.29, 1.82) is 0 Å². The van der Waals surface area contributed by atoms with Gasteiger partial charge in [-0.3, -0.25) is 9.67 Å². The Kier molecular flexibility index (Phi) is 6.77. The van der Waals surface area contributed by atoms with Crippen molar-refractivity contribution in [2.45, 2.75) is 31.1 Å². The van der Waals surface area contributed by atoms with Crippen molar-refractivity contribution >= 4 is 17.7 Å². The van der Waals surface area contributed by atoms with Crippen molar-refractivity contribution in [3.8, 4) is 0 Å². The fraction of sp³-hybridized carbons (Fsp3) is 0.750. The topological polar surface area (TPSA) is 54.7 Å². The van der Waals surface area contributed by atoms with Crippen LogP contribution in [0.5, 0.6) is 0 Å². The number of aromatic nitrogens is 2. The average molecular weight is 340 g/mol. The van der Waals surface area contributed by atoms with Crippen LogP contribution in [0.25, 0.3) is 0 Å². The molecule has 2 rings (SSSR count). The van der Waals surface area contributed by atoms with Crippen molar-refractivity contribution in [2.75, 3.05) is 39.6 Å². The SMILES string of the molecule is CCSC1(CNC(=NC)N(C)Cc2cnn(C)c2)CCOCC1. The van der Waals surface area contributed by atoms with Crippen molar-refractivity contribution in [3.63, 3.8) is 0 Å². The fourth-order valence-corrected chi connectivity index (χ4v) is 4.19. The van der Waals surface area contributed by atoms with E-state index in [0.29, 0.717) is 0 Å². The van der Waals surface area contributed by atoms with Gasteiger partial charge in [0.1, 0.15) is 0 Å². The molecule has 7 heteroatoms. The third kappa shape index (κ3) is 5.14. The lowest BCUT2D eigenvalue weighted by atomic mass is 9.99. The van der Waals surface area contributed by atoms with Crippen LogP contribution >= 0.6 is 11.8 Å². The number of rotatable bonds is 6. The van der Waals surface area contributed by atoms with Crippen LogP contribution < -0.4 is 5.32 Å². The van der Waals surface area contributed by atoms with Gasteiger partial charge in [0.05, 0.1) is 6.20 Å². The molecule has 1 aromatic heterocycles. The number of guanidine groups is 1. The molecule has 1 aliphatic heterocycles. The van der Waals surface area contributed by atoms with E-state index in [9.17, 15) is 0 Å². The molecule has 23 heavy (non-hydrogen) atoms. The molecular weight excluding hydrogens is 310 g/mol. The monoisotopic (exact) mass is 339 g/mol. The predicted octanol–water partition coefficient (Wildman–Crippen LogP) is 1.73. The maximum atomic E-state index is 5.54. The van der Waals surface area contributed by atoms with E-state index < -0.39 is 0 Å². The molecule has 0 aliphatic carbocycles. The number of ether oxygens (including phenoxy) is 1. The summed E-state index contributed by atoms with van der Waals surface area (Å²) in [6, 6.07) is 0. The molecule has 0 aromatic carbocycles. The summed E-state index contributed by atoms with van der Waals surface area (Å²) >= 11 is 2.04. The molecule has 0 radical (unpaired) electrons. The van der Waals surface area contributed by atoms with Gasteiger partial charge in [-0.2, -0.15) is 16.9 Å². The fourth-order valence-electron chi connectivity index (χ4n) is 2.95. The zero-order valence-electron chi connectivity index (χ0n) is 14.7. The molecule has 1 N–H and O–H groups in total. The molecule has 1 saturated heterocycles. The highest BCUT2D eigenvalue weighted by molar-refractivity contribution is 8.00. The Hall–Kier alpha value is -1.21. The molecule has 0 amide bonds. The molecule has 1 aromatic rings. The van der Waals surface area contributed by atoms with Crippen LogP contribution in [0.3, 0.4) is 0 Å². The number of aryl methyl sites for hydroxylation is 1. The van der Waals surface area contributed by atoms with Crippen molar-refractivity contribution in [2.24, 2.45) is 12.0 Å². The second-order valence-electron chi connectivity index (χ2n) is 6.01. The summed E-state index contributed by atoms with van der Waals surface area (Å²) in [5, 5.41) is 7.79. The van der Waals surface area contributed by atoms with E-state index in [4.69, 9.17) is 4.74 Å². The summed E-state index contributed by atoms with van der Waals surface area (Å²) < 4.78 is 7.63. The quantitative estimate of drug-likeness (QED) is 0.632. The average Bonchev–Trinajstić information content (AvgIpc) is 2.94. The smallest absolute Gasteiger partial charge is 0.193 e. The van der Waals surface area contributed by atoms with Gasteiger partial charge in [-0.15, -0.1) is 0 Å². The third-order valence-electron chi connectivity index (χ3n) is 4.17. The molecule has 0 bridgehead atoms. The first kappa shape index (κ1) is 18.1. The van der Waals surface area contributed by atoms with Crippen LogP contribution in [-0.2, 0) is 18.3 Å². The Balaban J connectivity index is 1.92. The van der Waals surface area contributed by atoms with Gasteiger partial charge in [0, 0.05) is 64.0 Å². The highest BCUT2D eigenvalue weighted by atomic mass is 32.2. The highest BCUT2D eigenvalue weighted by Crippen LogP contribution is 2.34. The summed E-state index contributed by atoms with van der Waals surface area (Å²) in [5.74, 6) is 2.06. The first-order valence-corrected chi connectivity index (χ1v) is 9.18. The van der Waals surface area contributed by atoms with Crippen LogP contribution in [0, 0.1) is 0 Å². The normalized spacial score (nSPS) is 18.0. The highest BCUT2D eigenvalue weighted by Gasteiger charge is 2.32. The van der Waals surface area contributed by atoms with Crippen molar-refractivity contribution in [3.05, 3.63) is 18.0 Å². The predicted molar refractivity (Wildman–Crippen MR) is 97.0 cm³/mol. The van der Waals surface area contributed by atoms with Crippen LogP contribution in [-0.4, -0.2) is 65.0 Å². The molecule has 130 valence electrons. The molecule has 0 atom stereocenters. The molecule has 0 saturated carbocycles. The van der Waals surface area contributed by atoms with Gasteiger partial charge in [-0.1, -0.05) is 6.92 Å². The number of thioether (sulfide) groups is 1. The molecule has 1 aliphatic rings. The molecule has 0 spiro atoms. The van der Waals surface area contributed by atoms with Crippen LogP contribution in [0.15, 0.2) is 17.4 Å². The second kappa shape index (κ2) is 8.59. The number of hydrogen-bond donors (Lipinski definition) is 1. The number of aliphatic imine (C=N–C) groups is 1. The lowest BCUT2D eigenvalue weighted by Crippen LogP contribution is -2.48. The van der Waals surface area contributed by atoms with Crippen LogP contribution in [0.2, 0.25) is 0 Å². The molecule has 2 heterocycles. The van der Waals surface area contributed by atoms with E-state index in [2.05, 4.69) is 34.3 Å². The van der Waals surface area contributed by atoms with Crippen LogP contribution in [0.1, 0.15) is 25.3 Å². The minimum atomic E-state index is 0.262. The summed E-state index contributed by atoms with van der Waals surface area (Å²) in [5.41, 5.74) is 1.18. The minimum Gasteiger partial charge on any atom is -0.381 e. The van der Waals surface area contributed by atoms with Crippen molar-refractivity contribution in [1.82, 2.24) is 20.0 Å². The molecule has 6 nitrogen and oxygen atoms in total. The Labute approximate surface area is 143 Å². The zero-order valence-corrected chi connectivity index (χ0v) is 15.5. The minimum absolute atomic E-state index is 0.262. The standard InChI is InChI=1S/C16H29N5OS/c1-5-23-16(6-8-22-9-7-16)13-18-15(17-2)20(3)11-14-10-19-21(4)12-14/h10,12H,5-9,11,13H2,1-4H3,(H,17,18). The second-order valence-corrected chi connectivity index (χ2v) is 7.74. The van der Waals surface area contributed by atoms with E-state index in [1.807, 2.05) is 42.9 Å². The van der Waals surface area contributed by atoms with E-state index >= 15 is 0 Å². The maximum Gasteiger partial charge on any atom is 0.193 e. The largest absolute Gasteiger partial charge is 0.381 e. The summed E-state index contributed by atoms with van der Waals surface area (Å²) in [6.07, 6.45) is 6.14. The Morgan fingerprint density at radius 3 is 2.83 bits per heavy atom. The van der Waals surface area contributed by atoms with Crippen LogP contribution in [0.4, 0.5) is 0 Å². The Bertz CT molecular complexity index is 505. The third-order valence-corrected chi connectivity index (χ3v) is 5.63. The summed E-state index contributed by atoms with van der Waals surface area (Å²) in [4.78, 5) is 6.57. The van der Waals surface area contributed by atoms with Gasteiger partial charge >= 0.3 is 0 Å². The first-order chi connectivity index (χ1) is 11.1. The van der Waals surface area contributed by atoms with E-state index in [1.54, 1.807) is 0 Å².